The van der Waals surface area contributed by atoms with Gasteiger partial charge >= 0.3 is 5.97 Å². The molecule has 0 saturated heterocycles. The van der Waals surface area contributed by atoms with E-state index >= 15 is 0 Å². The topological polar surface area (TPSA) is 51.5 Å². The van der Waals surface area contributed by atoms with Crippen molar-refractivity contribution in [2.75, 3.05) is 13.7 Å². The molecular formula is C16H27NO3. The molecule has 0 amide bonds. The van der Waals surface area contributed by atoms with Crippen molar-refractivity contribution in [1.29, 1.82) is 0 Å². The number of nitrogens with one attached hydrogen (secondary N) is 1. The highest BCUT2D eigenvalue weighted by Gasteiger charge is 2.14. The number of furan rings is 1. The van der Waals surface area contributed by atoms with Crippen molar-refractivity contribution in [3.05, 3.63) is 23.7 Å². The molecule has 0 aromatic carbocycles. The molecule has 1 rings (SSSR count). The van der Waals surface area contributed by atoms with Crippen LogP contribution in [0.25, 0.3) is 0 Å². The van der Waals surface area contributed by atoms with Crippen molar-refractivity contribution in [2.24, 2.45) is 5.92 Å². The van der Waals surface area contributed by atoms with Gasteiger partial charge in [-0.1, -0.05) is 39.5 Å². The van der Waals surface area contributed by atoms with Crippen LogP contribution < -0.4 is 5.32 Å². The van der Waals surface area contributed by atoms with Crippen LogP contribution in [0.3, 0.4) is 0 Å². The van der Waals surface area contributed by atoms with E-state index in [1.807, 2.05) is 6.07 Å². The van der Waals surface area contributed by atoms with Crippen LogP contribution in [0.4, 0.5) is 0 Å². The predicted molar refractivity (Wildman–Crippen MR) is 79.7 cm³/mol. The lowest BCUT2D eigenvalue weighted by molar-refractivity contribution is 0.0563. The van der Waals surface area contributed by atoms with Gasteiger partial charge in [0, 0.05) is 12.1 Å². The molecule has 0 aliphatic carbocycles. The van der Waals surface area contributed by atoms with E-state index in [0.717, 1.165) is 18.0 Å². The third-order valence-corrected chi connectivity index (χ3v) is 3.32. The standard InChI is InChI=1S/C16H27NO3/c1-13(2)8-6-4-5-7-10-17-12-14-9-11-20-15(14)16(18)19-3/h9,11,13,17H,4-8,10,12H2,1-3H3. The summed E-state index contributed by atoms with van der Waals surface area (Å²) in [6.45, 7) is 6.15. The van der Waals surface area contributed by atoms with Gasteiger partial charge in [-0.15, -0.1) is 0 Å². The molecule has 0 bridgehead atoms. The molecule has 1 heterocycles. The number of carbonyl (C=O) groups is 1. The number of methoxy groups -OCH3 is 1. The van der Waals surface area contributed by atoms with Crippen molar-refractivity contribution >= 4 is 5.97 Å². The van der Waals surface area contributed by atoms with E-state index < -0.39 is 5.97 Å². The van der Waals surface area contributed by atoms with Crippen LogP contribution in [0.1, 0.15) is 62.1 Å². The van der Waals surface area contributed by atoms with E-state index in [1.54, 1.807) is 0 Å². The number of esters is 1. The first-order chi connectivity index (χ1) is 9.65. The van der Waals surface area contributed by atoms with Gasteiger partial charge < -0.3 is 14.5 Å². The molecule has 0 spiro atoms. The summed E-state index contributed by atoms with van der Waals surface area (Å²) in [6.07, 6.45) is 7.91. The van der Waals surface area contributed by atoms with E-state index in [4.69, 9.17) is 4.42 Å². The van der Waals surface area contributed by atoms with E-state index in [0.29, 0.717) is 12.3 Å². The molecule has 0 unspecified atom stereocenters. The predicted octanol–water partition coefficient (Wildman–Crippen LogP) is 3.76. The zero-order valence-corrected chi connectivity index (χ0v) is 12.9. The van der Waals surface area contributed by atoms with Crippen LogP contribution in [0.2, 0.25) is 0 Å². The first kappa shape index (κ1) is 16.8. The van der Waals surface area contributed by atoms with Gasteiger partial charge in [0.2, 0.25) is 5.76 Å². The van der Waals surface area contributed by atoms with Crippen molar-refractivity contribution < 1.29 is 13.9 Å². The third-order valence-electron chi connectivity index (χ3n) is 3.32. The smallest absolute Gasteiger partial charge is 0.374 e. The molecule has 0 aliphatic rings. The van der Waals surface area contributed by atoms with Crippen LogP contribution in [-0.2, 0) is 11.3 Å². The summed E-state index contributed by atoms with van der Waals surface area (Å²) >= 11 is 0. The van der Waals surface area contributed by atoms with E-state index in [2.05, 4.69) is 23.9 Å². The molecule has 4 nitrogen and oxygen atoms in total. The molecule has 0 fully saturated rings. The quantitative estimate of drug-likeness (QED) is 0.524. The summed E-state index contributed by atoms with van der Waals surface area (Å²) in [5, 5.41) is 3.34. The Morgan fingerprint density at radius 1 is 1.30 bits per heavy atom. The van der Waals surface area contributed by atoms with E-state index in [1.165, 1.54) is 45.5 Å². The van der Waals surface area contributed by atoms with Gasteiger partial charge in [-0.2, -0.15) is 0 Å². The van der Waals surface area contributed by atoms with Crippen molar-refractivity contribution in [3.63, 3.8) is 0 Å². The highest BCUT2D eigenvalue weighted by Crippen LogP contribution is 2.12. The number of hydrogen-bond acceptors (Lipinski definition) is 4. The Balaban J connectivity index is 2.10. The third kappa shape index (κ3) is 6.24. The van der Waals surface area contributed by atoms with Gasteiger partial charge in [-0.25, -0.2) is 4.79 Å². The lowest BCUT2D eigenvalue weighted by Gasteiger charge is -2.06. The lowest BCUT2D eigenvalue weighted by Crippen LogP contribution is -2.16. The van der Waals surface area contributed by atoms with Crippen LogP contribution in [0.15, 0.2) is 16.7 Å². The fourth-order valence-corrected chi connectivity index (χ4v) is 2.13. The van der Waals surface area contributed by atoms with Crippen LogP contribution in [0, 0.1) is 5.92 Å². The Kier molecular flexibility index (Phi) is 8.04. The van der Waals surface area contributed by atoms with E-state index in [-0.39, 0.29) is 0 Å². The average molecular weight is 281 g/mol. The normalized spacial score (nSPS) is 11.0. The summed E-state index contributed by atoms with van der Waals surface area (Å²) in [5.74, 6) is 0.698. The molecule has 1 aromatic heterocycles. The maximum atomic E-state index is 11.4. The summed E-state index contributed by atoms with van der Waals surface area (Å²) < 4.78 is 9.80. The minimum absolute atomic E-state index is 0.303. The van der Waals surface area contributed by atoms with Crippen LogP contribution >= 0.6 is 0 Å². The molecule has 1 N–H and O–H groups in total. The molecular weight excluding hydrogens is 254 g/mol. The Hall–Kier alpha value is -1.29. The van der Waals surface area contributed by atoms with Gasteiger partial charge in [0.25, 0.3) is 0 Å². The highest BCUT2D eigenvalue weighted by molar-refractivity contribution is 5.87. The van der Waals surface area contributed by atoms with Gasteiger partial charge in [0.05, 0.1) is 13.4 Å². The van der Waals surface area contributed by atoms with Crippen LogP contribution in [-0.4, -0.2) is 19.6 Å². The first-order valence-corrected chi connectivity index (χ1v) is 7.50. The second-order valence-corrected chi connectivity index (χ2v) is 5.54. The number of unbranched alkanes of at least 4 members (excludes halogenated alkanes) is 3. The second kappa shape index (κ2) is 9.59. The molecule has 0 radical (unpaired) electrons. The van der Waals surface area contributed by atoms with Gasteiger partial charge in [0.1, 0.15) is 0 Å². The Morgan fingerprint density at radius 2 is 2.05 bits per heavy atom. The first-order valence-electron chi connectivity index (χ1n) is 7.50. The van der Waals surface area contributed by atoms with Gasteiger partial charge in [-0.05, 0) is 24.9 Å². The molecule has 1 aromatic rings. The number of rotatable bonds is 10. The molecule has 114 valence electrons. The molecule has 4 heteroatoms. The Bertz CT molecular complexity index is 385. The number of carbonyl (C=O) groups excluding carboxylic acids is 1. The zero-order valence-electron chi connectivity index (χ0n) is 12.9. The largest absolute Gasteiger partial charge is 0.463 e. The summed E-state index contributed by atoms with van der Waals surface area (Å²) in [6, 6.07) is 1.81. The summed E-state index contributed by atoms with van der Waals surface area (Å²) in [5.41, 5.74) is 0.858. The summed E-state index contributed by atoms with van der Waals surface area (Å²) in [4.78, 5) is 11.4. The monoisotopic (exact) mass is 281 g/mol. The molecule has 0 atom stereocenters. The van der Waals surface area contributed by atoms with Crippen molar-refractivity contribution in [2.45, 2.75) is 52.5 Å². The lowest BCUT2D eigenvalue weighted by atomic mass is 10.0. The number of hydrogen-bond donors (Lipinski definition) is 1. The van der Waals surface area contributed by atoms with Gasteiger partial charge in [-0.3, -0.25) is 0 Å². The SMILES string of the molecule is COC(=O)c1occc1CNCCCCCCC(C)C. The van der Waals surface area contributed by atoms with Crippen molar-refractivity contribution in [1.82, 2.24) is 5.32 Å². The van der Waals surface area contributed by atoms with Gasteiger partial charge in [0.15, 0.2) is 0 Å². The molecule has 0 saturated carbocycles. The Labute approximate surface area is 121 Å². The zero-order chi connectivity index (χ0) is 14.8. The fourth-order valence-electron chi connectivity index (χ4n) is 2.13. The maximum Gasteiger partial charge on any atom is 0.374 e. The van der Waals surface area contributed by atoms with Crippen LogP contribution in [0.5, 0.6) is 0 Å². The summed E-state index contributed by atoms with van der Waals surface area (Å²) in [7, 11) is 1.36. The van der Waals surface area contributed by atoms with Crippen molar-refractivity contribution in [3.8, 4) is 0 Å². The second-order valence-electron chi connectivity index (χ2n) is 5.54. The maximum absolute atomic E-state index is 11.4. The minimum atomic E-state index is -0.416. The van der Waals surface area contributed by atoms with E-state index in [9.17, 15) is 4.79 Å². The molecule has 20 heavy (non-hydrogen) atoms. The Morgan fingerprint density at radius 3 is 2.75 bits per heavy atom. The highest BCUT2D eigenvalue weighted by atomic mass is 16.5. The molecule has 0 aliphatic heterocycles. The minimum Gasteiger partial charge on any atom is -0.463 e. The average Bonchev–Trinajstić information content (AvgIpc) is 2.89. The fraction of sp³-hybridized carbons (Fsp3) is 0.688. The number of ether oxygens (including phenoxy) is 1.